The molecule has 0 unspecified atom stereocenters. The van der Waals surface area contributed by atoms with Gasteiger partial charge in [-0.2, -0.15) is 0 Å². The minimum atomic E-state index is -0.0300. The lowest BCUT2D eigenvalue weighted by Crippen LogP contribution is -2.22. The third-order valence-electron chi connectivity index (χ3n) is 2.64. The molecule has 1 rings (SSSR count). The number of carbonyl (C=O) groups excluding carboxylic acids is 1. The molecular formula is C12H21NO2. The molecule has 15 heavy (non-hydrogen) atoms. The first kappa shape index (κ1) is 12.2. The molecule has 3 nitrogen and oxygen atoms in total. The van der Waals surface area contributed by atoms with E-state index in [2.05, 4.69) is 25.1 Å². The molecule has 0 aliphatic heterocycles. The van der Waals surface area contributed by atoms with E-state index in [1.807, 2.05) is 6.92 Å². The Kier molecular flexibility index (Phi) is 4.82. The van der Waals surface area contributed by atoms with Gasteiger partial charge in [-0.15, -0.1) is 0 Å². The second kappa shape index (κ2) is 5.91. The number of carbonyl (C=O) groups is 1. The molecule has 1 atom stereocenters. The van der Waals surface area contributed by atoms with Crippen molar-refractivity contribution >= 4 is 5.97 Å². The third-order valence-corrected chi connectivity index (χ3v) is 2.64. The largest absolute Gasteiger partial charge is 0.466 e. The van der Waals surface area contributed by atoms with Gasteiger partial charge in [0.25, 0.3) is 0 Å². The van der Waals surface area contributed by atoms with E-state index in [0.29, 0.717) is 6.61 Å². The van der Waals surface area contributed by atoms with Crippen LogP contribution in [0.2, 0.25) is 0 Å². The first-order chi connectivity index (χ1) is 7.13. The number of hydrogen-bond acceptors (Lipinski definition) is 3. The summed E-state index contributed by atoms with van der Waals surface area (Å²) in [6.07, 6.45) is 5.02. The van der Waals surface area contributed by atoms with Gasteiger partial charge >= 0.3 is 5.97 Å². The maximum Gasteiger partial charge on any atom is 0.309 e. The van der Waals surface area contributed by atoms with Gasteiger partial charge in [0.15, 0.2) is 0 Å². The Balaban J connectivity index is 2.40. The van der Waals surface area contributed by atoms with E-state index < -0.39 is 0 Å². The molecule has 0 aromatic carbocycles. The molecule has 0 bridgehead atoms. The monoisotopic (exact) mass is 211 g/mol. The minimum Gasteiger partial charge on any atom is -0.466 e. The normalized spacial score (nSPS) is 21.3. The molecule has 0 heterocycles. The molecule has 0 aromatic heterocycles. The summed E-state index contributed by atoms with van der Waals surface area (Å²) in [7, 11) is 4.14. The Morgan fingerprint density at radius 3 is 2.80 bits per heavy atom. The van der Waals surface area contributed by atoms with E-state index >= 15 is 0 Å². The van der Waals surface area contributed by atoms with Crippen LogP contribution in [0.25, 0.3) is 0 Å². The predicted molar refractivity (Wildman–Crippen MR) is 60.6 cm³/mol. The van der Waals surface area contributed by atoms with E-state index in [4.69, 9.17) is 4.74 Å². The average Bonchev–Trinajstić information content (AvgIpc) is 2.18. The summed E-state index contributed by atoms with van der Waals surface area (Å²) < 4.78 is 5.02. The molecule has 0 spiro atoms. The second-order valence-corrected chi connectivity index (χ2v) is 4.32. The Labute approximate surface area is 92.1 Å². The van der Waals surface area contributed by atoms with E-state index in [9.17, 15) is 4.79 Å². The molecular weight excluding hydrogens is 190 g/mol. The third kappa shape index (κ3) is 4.04. The van der Waals surface area contributed by atoms with Gasteiger partial charge in [0.2, 0.25) is 0 Å². The number of allylic oxidation sites excluding steroid dienone is 1. The van der Waals surface area contributed by atoms with Crippen molar-refractivity contribution in [2.24, 2.45) is 5.92 Å². The molecule has 0 amide bonds. The molecule has 0 fully saturated rings. The molecule has 86 valence electrons. The highest BCUT2D eigenvalue weighted by molar-refractivity contribution is 5.72. The van der Waals surface area contributed by atoms with Crippen LogP contribution < -0.4 is 0 Å². The predicted octanol–water partition coefficient (Wildman–Crippen LogP) is 1.84. The summed E-state index contributed by atoms with van der Waals surface area (Å²) in [5.41, 5.74) is 1.44. The van der Waals surface area contributed by atoms with E-state index in [-0.39, 0.29) is 11.9 Å². The molecule has 0 N–H and O–H groups in total. The lowest BCUT2D eigenvalue weighted by Gasteiger charge is -2.22. The van der Waals surface area contributed by atoms with Crippen LogP contribution >= 0.6 is 0 Å². The van der Waals surface area contributed by atoms with Crippen molar-refractivity contribution in [3.63, 3.8) is 0 Å². The lowest BCUT2D eigenvalue weighted by atomic mass is 9.89. The molecule has 1 aliphatic carbocycles. The van der Waals surface area contributed by atoms with Crippen LogP contribution in [0, 0.1) is 5.92 Å². The van der Waals surface area contributed by atoms with Crippen LogP contribution in [0.15, 0.2) is 11.6 Å². The standard InChI is InChI=1S/C12H21NO2/c1-4-15-12(14)11-7-5-10(6-8-11)9-13(2)3/h5,11H,4,6-9H2,1-3H3/t11-/m1/s1. The molecule has 3 heteroatoms. The van der Waals surface area contributed by atoms with Gasteiger partial charge in [-0.05, 0) is 40.3 Å². The number of likely N-dealkylation sites (N-methyl/N-ethyl adjacent to an activating group) is 1. The SMILES string of the molecule is CCOC(=O)[C@@H]1CC=C(CN(C)C)CC1. The van der Waals surface area contributed by atoms with Crippen molar-refractivity contribution in [2.75, 3.05) is 27.2 Å². The van der Waals surface area contributed by atoms with Crippen molar-refractivity contribution in [3.8, 4) is 0 Å². The van der Waals surface area contributed by atoms with Gasteiger partial charge in [-0.3, -0.25) is 4.79 Å². The fraction of sp³-hybridized carbons (Fsp3) is 0.750. The highest BCUT2D eigenvalue weighted by Gasteiger charge is 2.22. The molecule has 0 radical (unpaired) electrons. The second-order valence-electron chi connectivity index (χ2n) is 4.32. The van der Waals surface area contributed by atoms with Crippen LogP contribution in [0.1, 0.15) is 26.2 Å². The Hall–Kier alpha value is -0.830. The Bertz CT molecular complexity index is 246. The van der Waals surface area contributed by atoms with E-state index in [1.54, 1.807) is 0 Å². The van der Waals surface area contributed by atoms with E-state index in [1.165, 1.54) is 5.57 Å². The molecule has 0 saturated heterocycles. The van der Waals surface area contributed by atoms with Crippen LogP contribution in [-0.4, -0.2) is 38.1 Å². The maximum absolute atomic E-state index is 11.5. The van der Waals surface area contributed by atoms with Crippen molar-refractivity contribution in [1.82, 2.24) is 4.90 Å². The van der Waals surface area contributed by atoms with E-state index in [0.717, 1.165) is 25.8 Å². The summed E-state index contributed by atoms with van der Waals surface area (Å²) >= 11 is 0. The smallest absolute Gasteiger partial charge is 0.309 e. The lowest BCUT2D eigenvalue weighted by molar-refractivity contribution is -0.148. The maximum atomic E-state index is 11.5. The Morgan fingerprint density at radius 2 is 2.33 bits per heavy atom. The number of ether oxygens (including phenoxy) is 1. The zero-order chi connectivity index (χ0) is 11.3. The minimum absolute atomic E-state index is 0.0300. The average molecular weight is 211 g/mol. The van der Waals surface area contributed by atoms with Gasteiger partial charge in [0.05, 0.1) is 12.5 Å². The number of esters is 1. The highest BCUT2D eigenvalue weighted by Crippen LogP contribution is 2.24. The summed E-state index contributed by atoms with van der Waals surface area (Å²) in [5, 5.41) is 0. The fourth-order valence-electron chi connectivity index (χ4n) is 1.91. The number of nitrogens with zero attached hydrogens (tertiary/aromatic N) is 1. The quantitative estimate of drug-likeness (QED) is 0.525. The van der Waals surface area contributed by atoms with Crippen molar-refractivity contribution in [2.45, 2.75) is 26.2 Å². The zero-order valence-electron chi connectivity index (χ0n) is 9.95. The summed E-state index contributed by atoms with van der Waals surface area (Å²) in [6.45, 7) is 3.35. The van der Waals surface area contributed by atoms with Crippen molar-refractivity contribution in [1.29, 1.82) is 0 Å². The van der Waals surface area contributed by atoms with Gasteiger partial charge in [0.1, 0.15) is 0 Å². The van der Waals surface area contributed by atoms with Crippen molar-refractivity contribution in [3.05, 3.63) is 11.6 Å². The fourth-order valence-corrected chi connectivity index (χ4v) is 1.91. The van der Waals surface area contributed by atoms with Gasteiger partial charge in [-0.25, -0.2) is 0 Å². The Morgan fingerprint density at radius 1 is 1.60 bits per heavy atom. The molecule has 1 aliphatic rings. The first-order valence-electron chi connectivity index (χ1n) is 5.62. The zero-order valence-corrected chi connectivity index (χ0v) is 9.95. The van der Waals surface area contributed by atoms with Crippen LogP contribution in [0.4, 0.5) is 0 Å². The number of rotatable bonds is 4. The van der Waals surface area contributed by atoms with Crippen molar-refractivity contribution < 1.29 is 9.53 Å². The van der Waals surface area contributed by atoms with Crippen LogP contribution in [0.5, 0.6) is 0 Å². The van der Waals surface area contributed by atoms with Gasteiger partial charge in [-0.1, -0.05) is 11.6 Å². The molecule has 0 saturated carbocycles. The summed E-state index contributed by atoms with van der Waals surface area (Å²) in [6, 6.07) is 0. The highest BCUT2D eigenvalue weighted by atomic mass is 16.5. The first-order valence-corrected chi connectivity index (χ1v) is 5.62. The topological polar surface area (TPSA) is 29.5 Å². The molecule has 0 aromatic rings. The summed E-state index contributed by atoms with van der Waals surface area (Å²) in [5.74, 6) is 0.0634. The van der Waals surface area contributed by atoms with Crippen LogP contribution in [-0.2, 0) is 9.53 Å². The van der Waals surface area contributed by atoms with Crippen LogP contribution in [0.3, 0.4) is 0 Å². The summed E-state index contributed by atoms with van der Waals surface area (Å²) in [4.78, 5) is 13.6. The number of hydrogen-bond donors (Lipinski definition) is 0. The van der Waals surface area contributed by atoms with Gasteiger partial charge < -0.3 is 9.64 Å². The van der Waals surface area contributed by atoms with Gasteiger partial charge in [0, 0.05) is 6.54 Å².